The monoisotopic (exact) mass is 182 g/mol. The van der Waals surface area contributed by atoms with Crippen LogP contribution in [0.25, 0.3) is 0 Å². The second kappa shape index (κ2) is 4.77. The molecule has 1 N–H and O–H groups in total. The van der Waals surface area contributed by atoms with Crippen LogP contribution in [0, 0.1) is 6.92 Å². The average Bonchev–Trinajstić information content (AvgIpc) is 2.03. The van der Waals surface area contributed by atoms with Gasteiger partial charge in [-0.1, -0.05) is 0 Å². The summed E-state index contributed by atoms with van der Waals surface area (Å²) in [6, 6.07) is 1.49. The summed E-state index contributed by atoms with van der Waals surface area (Å²) in [5.74, 6) is 0.738. The number of methoxy groups -OCH3 is 1. The molecule has 0 amide bonds. The predicted molar refractivity (Wildman–Crippen MR) is 49.8 cm³/mol. The molecule has 0 aromatic carbocycles. The maximum atomic E-state index is 11.0. The van der Waals surface area contributed by atoms with Gasteiger partial charge in [-0.3, -0.25) is 4.79 Å². The smallest absolute Gasteiger partial charge is 0.251 e. The molecule has 4 heteroatoms. The number of rotatable bonds is 4. The van der Waals surface area contributed by atoms with Crippen molar-refractivity contribution >= 4 is 0 Å². The highest BCUT2D eigenvalue weighted by molar-refractivity contribution is 5.00. The van der Waals surface area contributed by atoms with Crippen molar-refractivity contribution in [3.63, 3.8) is 0 Å². The van der Waals surface area contributed by atoms with Gasteiger partial charge in [0.1, 0.15) is 5.82 Å². The van der Waals surface area contributed by atoms with Crippen LogP contribution in [0.15, 0.2) is 10.9 Å². The van der Waals surface area contributed by atoms with Crippen molar-refractivity contribution < 1.29 is 4.74 Å². The lowest BCUT2D eigenvalue weighted by Gasteiger charge is -2.00. The summed E-state index contributed by atoms with van der Waals surface area (Å²) in [4.78, 5) is 17.9. The fourth-order valence-corrected chi connectivity index (χ4v) is 1.14. The van der Waals surface area contributed by atoms with Gasteiger partial charge in [-0.25, -0.2) is 4.98 Å². The first-order valence-electron chi connectivity index (χ1n) is 4.28. The molecule has 72 valence electrons. The van der Waals surface area contributed by atoms with E-state index in [2.05, 4.69) is 9.97 Å². The number of H-pyrrole nitrogens is 1. The molecular formula is C9H14N2O2. The molecule has 1 aromatic rings. The van der Waals surface area contributed by atoms with Crippen LogP contribution >= 0.6 is 0 Å². The van der Waals surface area contributed by atoms with Crippen LogP contribution in [0.2, 0.25) is 0 Å². The lowest BCUT2D eigenvalue weighted by molar-refractivity contribution is 0.194. The van der Waals surface area contributed by atoms with Gasteiger partial charge in [0.05, 0.1) is 0 Å². The number of ether oxygens (including phenoxy) is 1. The minimum absolute atomic E-state index is 0.0834. The fourth-order valence-electron chi connectivity index (χ4n) is 1.14. The molecule has 13 heavy (non-hydrogen) atoms. The maximum Gasteiger partial charge on any atom is 0.251 e. The molecule has 0 fully saturated rings. The van der Waals surface area contributed by atoms with E-state index in [1.807, 2.05) is 6.92 Å². The van der Waals surface area contributed by atoms with Crippen molar-refractivity contribution in [2.24, 2.45) is 0 Å². The highest BCUT2D eigenvalue weighted by Gasteiger charge is 1.97. The van der Waals surface area contributed by atoms with E-state index < -0.39 is 0 Å². The first-order valence-corrected chi connectivity index (χ1v) is 4.28. The van der Waals surface area contributed by atoms with E-state index in [9.17, 15) is 4.79 Å². The van der Waals surface area contributed by atoms with Crippen LogP contribution in [0.4, 0.5) is 0 Å². The Morgan fingerprint density at radius 2 is 2.38 bits per heavy atom. The summed E-state index contributed by atoms with van der Waals surface area (Å²) in [5.41, 5.74) is 0.677. The molecule has 0 aliphatic heterocycles. The summed E-state index contributed by atoms with van der Waals surface area (Å²) < 4.78 is 4.90. The summed E-state index contributed by atoms with van der Waals surface area (Å²) in [6.45, 7) is 2.51. The molecule has 0 radical (unpaired) electrons. The van der Waals surface area contributed by atoms with E-state index in [4.69, 9.17) is 4.74 Å². The van der Waals surface area contributed by atoms with Gasteiger partial charge in [0.25, 0.3) is 5.56 Å². The van der Waals surface area contributed by atoms with Gasteiger partial charge in [0, 0.05) is 31.9 Å². The standard InChI is InChI=1S/C9H14N2O2/c1-7-6-9(12)11-8(10-7)4-3-5-13-2/h6H,3-5H2,1-2H3,(H,10,11,12). The fraction of sp³-hybridized carbons (Fsp3) is 0.556. The lowest BCUT2D eigenvalue weighted by atomic mass is 10.3. The highest BCUT2D eigenvalue weighted by atomic mass is 16.5. The normalized spacial score (nSPS) is 10.3. The van der Waals surface area contributed by atoms with Gasteiger partial charge in [0.2, 0.25) is 0 Å². The molecule has 0 unspecified atom stereocenters. The van der Waals surface area contributed by atoms with Crippen LogP contribution in [0.3, 0.4) is 0 Å². The summed E-state index contributed by atoms with van der Waals surface area (Å²) >= 11 is 0. The zero-order chi connectivity index (χ0) is 9.68. The van der Waals surface area contributed by atoms with Crippen molar-refractivity contribution in [3.8, 4) is 0 Å². The van der Waals surface area contributed by atoms with Crippen molar-refractivity contribution in [2.45, 2.75) is 19.8 Å². The number of aromatic nitrogens is 2. The minimum Gasteiger partial charge on any atom is -0.385 e. The van der Waals surface area contributed by atoms with E-state index in [1.54, 1.807) is 7.11 Å². The third-order valence-electron chi connectivity index (χ3n) is 1.68. The summed E-state index contributed by atoms with van der Waals surface area (Å²) in [7, 11) is 1.66. The zero-order valence-corrected chi connectivity index (χ0v) is 7.96. The van der Waals surface area contributed by atoms with Gasteiger partial charge in [-0.2, -0.15) is 0 Å². The van der Waals surface area contributed by atoms with Crippen molar-refractivity contribution in [1.82, 2.24) is 9.97 Å². The molecular weight excluding hydrogens is 168 g/mol. The number of aryl methyl sites for hydroxylation is 2. The molecule has 0 spiro atoms. The average molecular weight is 182 g/mol. The number of hydrogen-bond acceptors (Lipinski definition) is 3. The van der Waals surface area contributed by atoms with Gasteiger partial charge in [-0.15, -0.1) is 0 Å². The van der Waals surface area contributed by atoms with Gasteiger partial charge >= 0.3 is 0 Å². The second-order valence-electron chi connectivity index (χ2n) is 2.93. The van der Waals surface area contributed by atoms with E-state index >= 15 is 0 Å². The zero-order valence-electron chi connectivity index (χ0n) is 7.96. The number of nitrogens with zero attached hydrogens (tertiary/aromatic N) is 1. The topological polar surface area (TPSA) is 55.0 Å². The molecule has 1 heterocycles. The molecule has 4 nitrogen and oxygen atoms in total. The molecule has 0 aliphatic rings. The van der Waals surface area contributed by atoms with Crippen LogP contribution in [-0.2, 0) is 11.2 Å². The molecule has 0 aliphatic carbocycles. The predicted octanol–water partition coefficient (Wildman–Crippen LogP) is 0.657. The highest BCUT2D eigenvalue weighted by Crippen LogP contribution is 1.94. The molecule has 0 saturated heterocycles. The van der Waals surface area contributed by atoms with Crippen LogP contribution in [0.5, 0.6) is 0 Å². The van der Waals surface area contributed by atoms with E-state index in [0.29, 0.717) is 6.61 Å². The SMILES string of the molecule is COCCCc1nc(C)cc(=O)[nH]1. The van der Waals surface area contributed by atoms with Gasteiger partial charge in [0.15, 0.2) is 0 Å². The number of hydrogen-bond donors (Lipinski definition) is 1. The molecule has 0 saturated carbocycles. The first kappa shape index (κ1) is 9.92. The first-order chi connectivity index (χ1) is 6.22. The lowest BCUT2D eigenvalue weighted by Crippen LogP contribution is -2.11. The Balaban J connectivity index is 2.61. The van der Waals surface area contributed by atoms with Crippen molar-refractivity contribution in [1.29, 1.82) is 0 Å². The Morgan fingerprint density at radius 1 is 1.62 bits per heavy atom. The van der Waals surface area contributed by atoms with Gasteiger partial charge < -0.3 is 9.72 Å². The van der Waals surface area contributed by atoms with E-state index in [-0.39, 0.29) is 5.56 Å². The Hall–Kier alpha value is -1.16. The Kier molecular flexibility index (Phi) is 3.64. The molecule has 1 rings (SSSR count). The Bertz CT molecular complexity index is 320. The molecule has 0 bridgehead atoms. The quantitative estimate of drug-likeness (QED) is 0.696. The van der Waals surface area contributed by atoms with Crippen LogP contribution in [-0.4, -0.2) is 23.7 Å². The van der Waals surface area contributed by atoms with Crippen LogP contribution in [0.1, 0.15) is 17.9 Å². The summed E-state index contributed by atoms with van der Waals surface area (Å²) in [6.07, 6.45) is 1.63. The van der Waals surface area contributed by atoms with Crippen molar-refractivity contribution in [3.05, 3.63) is 27.9 Å². The van der Waals surface area contributed by atoms with Crippen molar-refractivity contribution in [2.75, 3.05) is 13.7 Å². The Labute approximate surface area is 77.0 Å². The maximum absolute atomic E-state index is 11.0. The largest absolute Gasteiger partial charge is 0.385 e. The second-order valence-corrected chi connectivity index (χ2v) is 2.93. The third kappa shape index (κ3) is 3.38. The third-order valence-corrected chi connectivity index (χ3v) is 1.68. The summed E-state index contributed by atoms with van der Waals surface area (Å²) in [5, 5.41) is 0. The molecule has 1 aromatic heterocycles. The van der Waals surface area contributed by atoms with Crippen LogP contribution < -0.4 is 5.56 Å². The minimum atomic E-state index is -0.0834. The van der Waals surface area contributed by atoms with E-state index in [1.165, 1.54) is 6.07 Å². The Morgan fingerprint density at radius 3 is 3.00 bits per heavy atom. The van der Waals surface area contributed by atoms with E-state index in [0.717, 1.165) is 24.4 Å². The number of nitrogens with one attached hydrogen (secondary N) is 1. The number of aromatic amines is 1. The molecule has 0 atom stereocenters. The van der Waals surface area contributed by atoms with Gasteiger partial charge in [-0.05, 0) is 13.3 Å².